The lowest BCUT2D eigenvalue weighted by Gasteiger charge is -2.33. The van der Waals surface area contributed by atoms with Crippen LogP contribution in [0.5, 0.6) is 0 Å². The third kappa shape index (κ3) is 3.90. The van der Waals surface area contributed by atoms with Crippen LogP contribution in [0.1, 0.15) is 31.9 Å². The average molecular weight is 409 g/mol. The zero-order valence-electron chi connectivity index (χ0n) is 15.4. The zero-order valence-corrected chi connectivity index (χ0v) is 17.0. The number of hydrogen-bond acceptors (Lipinski definition) is 6. The molecular weight excluding hydrogens is 388 g/mol. The fourth-order valence-electron chi connectivity index (χ4n) is 3.11. The van der Waals surface area contributed by atoms with Gasteiger partial charge in [-0.2, -0.15) is 0 Å². The van der Waals surface area contributed by atoms with Crippen LogP contribution in [0.15, 0.2) is 40.5 Å². The number of amidine groups is 1. The Balaban J connectivity index is 2.03. The highest BCUT2D eigenvalue weighted by atomic mass is 35.5. The van der Waals surface area contributed by atoms with Gasteiger partial charge in [0.1, 0.15) is 6.61 Å². The standard InChI is InChI=1S/C19H21ClN2O4S/c1-4-14-17(23)22-16(12-5-7-13(20)8-6-12)15(11(2)21-19(22)27-14)18(24)26-10-9-25-3/h5-8,14,16H,4,9-10H2,1-3H3/t14-,16+/m1/s1. The maximum absolute atomic E-state index is 13.0. The van der Waals surface area contributed by atoms with Gasteiger partial charge in [-0.05, 0) is 31.0 Å². The van der Waals surface area contributed by atoms with Crippen LogP contribution in [0.4, 0.5) is 0 Å². The largest absolute Gasteiger partial charge is 0.460 e. The maximum atomic E-state index is 13.0. The molecule has 2 atom stereocenters. The van der Waals surface area contributed by atoms with E-state index in [1.165, 1.54) is 18.9 Å². The summed E-state index contributed by atoms with van der Waals surface area (Å²) in [5.41, 5.74) is 1.71. The van der Waals surface area contributed by atoms with E-state index < -0.39 is 12.0 Å². The molecule has 1 amide bonds. The van der Waals surface area contributed by atoms with E-state index in [2.05, 4.69) is 4.99 Å². The van der Waals surface area contributed by atoms with E-state index >= 15 is 0 Å². The monoisotopic (exact) mass is 408 g/mol. The first-order valence-electron chi connectivity index (χ1n) is 8.68. The molecule has 0 aliphatic carbocycles. The molecule has 0 spiro atoms. The minimum atomic E-state index is -0.582. The molecule has 0 aromatic heterocycles. The van der Waals surface area contributed by atoms with E-state index in [0.29, 0.717) is 34.5 Å². The molecule has 3 rings (SSSR count). The van der Waals surface area contributed by atoms with Gasteiger partial charge in [-0.15, -0.1) is 0 Å². The Labute approximate surface area is 167 Å². The summed E-state index contributed by atoms with van der Waals surface area (Å²) in [6.45, 7) is 4.17. The molecule has 8 heteroatoms. The molecule has 2 aliphatic rings. The summed E-state index contributed by atoms with van der Waals surface area (Å²) in [5.74, 6) is -0.541. The van der Waals surface area contributed by atoms with Crippen molar-refractivity contribution in [1.82, 2.24) is 4.90 Å². The molecule has 2 aliphatic heterocycles. The highest BCUT2D eigenvalue weighted by molar-refractivity contribution is 8.15. The third-order valence-electron chi connectivity index (χ3n) is 4.45. The second kappa shape index (κ2) is 8.46. The number of benzene rings is 1. The van der Waals surface area contributed by atoms with Crippen molar-refractivity contribution in [3.8, 4) is 0 Å². The number of fused-ring (bicyclic) bond motifs is 1. The lowest BCUT2D eigenvalue weighted by Crippen LogP contribution is -2.40. The number of carbonyl (C=O) groups is 2. The number of thioether (sulfide) groups is 1. The summed E-state index contributed by atoms with van der Waals surface area (Å²) in [6.07, 6.45) is 0.693. The van der Waals surface area contributed by atoms with E-state index in [1.807, 2.05) is 19.1 Å². The molecule has 1 fully saturated rings. The molecule has 1 saturated heterocycles. The van der Waals surface area contributed by atoms with Gasteiger partial charge in [0.2, 0.25) is 5.91 Å². The minimum Gasteiger partial charge on any atom is -0.460 e. The topological polar surface area (TPSA) is 68.2 Å². The second-order valence-corrected chi connectivity index (χ2v) is 7.81. The summed E-state index contributed by atoms with van der Waals surface area (Å²) < 4.78 is 10.3. The van der Waals surface area contributed by atoms with Gasteiger partial charge in [-0.25, -0.2) is 9.79 Å². The van der Waals surface area contributed by atoms with Crippen molar-refractivity contribution in [1.29, 1.82) is 0 Å². The van der Waals surface area contributed by atoms with Crippen molar-refractivity contribution in [3.05, 3.63) is 46.1 Å². The van der Waals surface area contributed by atoms with Crippen LogP contribution in [-0.2, 0) is 19.1 Å². The number of carbonyl (C=O) groups excluding carboxylic acids is 2. The highest BCUT2D eigenvalue weighted by Gasteiger charge is 2.47. The van der Waals surface area contributed by atoms with Crippen LogP contribution >= 0.6 is 23.4 Å². The Kier molecular flexibility index (Phi) is 6.24. The van der Waals surface area contributed by atoms with Gasteiger partial charge in [0, 0.05) is 12.1 Å². The van der Waals surface area contributed by atoms with E-state index in [-0.39, 0.29) is 17.8 Å². The summed E-state index contributed by atoms with van der Waals surface area (Å²) >= 11 is 7.46. The fourth-order valence-corrected chi connectivity index (χ4v) is 4.37. The van der Waals surface area contributed by atoms with Crippen LogP contribution in [0, 0.1) is 0 Å². The number of rotatable bonds is 6. The Morgan fingerprint density at radius 3 is 2.63 bits per heavy atom. The molecule has 0 unspecified atom stereocenters. The summed E-state index contributed by atoms with van der Waals surface area (Å²) in [6, 6.07) is 6.56. The van der Waals surface area contributed by atoms with Crippen LogP contribution in [-0.4, -0.2) is 47.5 Å². The first-order chi connectivity index (χ1) is 13.0. The van der Waals surface area contributed by atoms with Gasteiger partial charge in [0.05, 0.1) is 29.2 Å². The lowest BCUT2D eigenvalue weighted by molar-refractivity contribution is -0.141. The number of ether oxygens (including phenoxy) is 2. The van der Waals surface area contributed by atoms with Gasteiger partial charge < -0.3 is 9.47 Å². The predicted molar refractivity (Wildman–Crippen MR) is 106 cm³/mol. The average Bonchev–Trinajstić information content (AvgIpc) is 2.96. The number of hydrogen-bond donors (Lipinski definition) is 0. The van der Waals surface area contributed by atoms with Crippen molar-refractivity contribution in [2.45, 2.75) is 31.6 Å². The molecule has 0 radical (unpaired) electrons. The normalized spacial score (nSPS) is 22.0. The van der Waals surface area contributed by atoms with Crippen molar-refractivity contribution in [2.75, 3.05) is 20.3 Å². The first kappa shape index (κ1) is 19.9. The quantitative estimate of drug-likeness (QED) is 0.531. The molecule has 2 heterocycles. The van der Waals surface area contributed by atoms with Crippen molar-refractivity contribution in [3.63, 3.8) is 0 Å². The number of methoxy groups -OCH3 is 1. The smallest absolute Gasteiger partial charge is 0.338 e. The molecule has 0 N–H and O–H groups in total. The maximum Gasteiger partial charge on any atom is 0.338 e. The predicted octanol–water partition coefficient (Wildman–Crippen LogP) is 3.57. The van der Waals surface area contributed by atoms with Crippen LogP contribution < -0.4 is 0 Å². The van der Waals surface area contributed by atoms with E-state index in [4.69, 9.17) is 21.1 Å². The molecule has 144 valence electrons. The zero-order chi connectivity index (χ0) is 19.6. The molecular formula is C19H21ClN2O4S. The summed E-state index contributed by atoms with van der Waals surface area (Å²) in [5, 5.41) is 1.01. The molecule has 1 aromatic carbocycles. The Bertz CT molecular complexity index is 806. The Hall–Kier alpha value is -1.83. The van der Waals surface area contributed by atoms with Crippen LogP contribution in [0.3, 0.4) is 0 Å². The molecule has 1 aromatic rings. The minimum absolute atomic E-state index is 0.0455. The van der Waals surface area contributed by atoms with Crippen molar-refractivity contribution < 1.29 is 19.1 Å². The number of aliphatic imine (C=N–C) groups is 1. The van der Waals surface area contributed by atoms with Gasteiger partial charge in [0.25, 0.3) is 0 Å². The SMILES string of the molecule is CC[C@H]1SC2=NC(C)=C(C(=O)OCCOC)[C@H](c3ccc(Cl)cc3)N2C1=O. The van der Waals surface area contributed by atoms with E-state index in [0.717, 1.165) is 5.56 Å². The number of amides is 1. The lowest BCUT2D eigenvalue weighted by atomic mass is 9.94. The number of esters is 1. The van der Waals surface area contributed by atoms with Gasteiger partial charge in [0.15, 0.2) is 5.17 Å². The van der Waals surface area contributed by atoms with E-state index in [9.17, 15) is 9.59 Å². The molecule has 0 bridgehead atoms. The van der Waals surface area contributed by atoms with Gasteiger partial charge in [-0.3, -0.25) is 9.69 Å². The third-order valence-corrected chi connectivity index (χ3v) is 6.02. The molecule has 6 nitrogen and oxygen atoms in total. The van der Waals surface area contributed by atoms with Crippen LogP contribution in [0.25, 0.3) is 0 Å². The molecule has 0 saturated carbocycles. The summed E-state index contributed by atoms with van der Waals surface area (Å²) in [4.78, 5) is 31.9. The fraction of sp³-hybridized carbons (Fsp3) is 0.421. The first-order valence-corrected chi connectivity index (χ1v) is 9.94. The van der Waals surface area contributed by atoms with Crippen molar-refractivity contribution >= 4 is 40.4 Å². The van der Waals surface area contributed by atoms with Crippen molar-refractivity contribution in [2.24, 2.45) is 4.99 Å². The summed E-state index contributed by atoms with van der Waals surface area (Å²) in [7, 11) is 1.54. The number of halogens is 1. The number of allylic oxidation sites excluding steroid dienone is 1. The number of nitrogens with zero attached hydrogens (tertiary/aromatic N) is 2. The van der Waals surface area contributed by atoms with Crippen LogP contribution in [0.2, 0.25) is 5.02 Å². The molecule has 27 heavy (non-hydrogen) atoms. The van der Waals surface area contributed by atoms with E-state index in [1.54, 1.807) is 24.0 Å². The Morgan fingerprint density at radius 2 is 2.00 bits per heavy atom. The Morgan fingerprint density at radius 1 is 1.30 bits per heavy atom. The van der Waals surface area contributed by atoms with Gasteiger partial charge >= 0.3 is 5.97 Å². The van der Waals surface area contributed by atoms with Gasteiger partial charge in [-0.1, -0.05) is 42.4 Å². The second-order valence-electron chi connectivity index (χ2n) is 6.20. The highest BCUT2D eigenvalue weighted by Crippen LogP contribution is 2.44.